The molecule has 2 aromatic rings. The van der Waals surface area contributed by atoms with Crippen molar-refractivity contribution >= 4 is 42.0 Å². The zero-order valence-corrected chi connectivity index (χ0v) is 33.6. The molecule has 2 atom stereocenters. The standard InChI is InChI=1S/C41H55N5O11/c1-40(2,3)55-37(51)42-23-13-11-19-31(45-39(53)54-25-30-28-17-9-7-15-26(28)27-16-8-10-18-29(27)30)35(49)44-32(36(50)57-46-33(47)21-22-34(46)48)20-12-14-24-43-38(52)56-41(4,5)6/h7-10,15-18,30-32H,11-14,19-25H2,1-6H3,(H,42,51)(H,43,52)(H,44,49)(H,45,53)/t31-,32-/m0/s1. The summed E-state index contributed by atoms with van der Waals surface area (Å²) in [5.74, 6) is -3.39. The maximum Gasteiger partial charge on any atom is 0.407 e. The molecular weight excluding hydrogens is 738 g/mol. The molecule has 16 nitrogen and oxygen atoms in total. The Kier molecular flexibility index (Phi) is 15.4. The Morgan fingerprint density at radius 3 is 1.63 bits per heavy atom. The summed E-state index contributed by atoms with van der Waals surface area (Å²) >= 11 is 0. The molecule has 1 fully saturated rings. The van der Waals surface area contributed by atoms with Gasteiger partial charge in [-0.1, -0.05) is 48.5 Å². The number of hydrogen-bond donors (Lipinski definition) is 4. The van der Waals surface area contributed by atoms with E-state index in [-0.39, 0.29) is 51.3 Å². The molecule has 0 bridgehead atoms. The van der Waals surface area contributed by atoms with Crippen molar-refractivity contribution in [1.29, 1.82) is 0 Å². The van der Waals surface area contributed by atoms with Crippen LogP contribution in [0.3, 0.4) is 0 Å². The second-order valence-corrected chi connectivity index (χ2v) is 15.9. The third-order valence-corrected chi connectivity index (χ3v) is 8.92. The van der Waals surface area contributed by atoms with E-state index in [1.807, 2.05) is 48.5 Å². The summed E-state index contributed by atoms with van der Waals surface area (Å²) in [5, 5.41) is 11.0. The van der Waals surface area contributed by atoms with Gasteiger partial charge in [-0.3, -0.25) is 14.4 Å². The van der Waals surface area contributed by atoms with Crippen LogP contribution >= 0.6 is 0 Å². The Hall–Kier alpha value is -5.67. The first kappa shape index (κ1) is 44.0. The lowest BCUT2D eigenvalue weighted by atomic mass is 9.98. The van der Waals surface area contributed by atoms with E-state index in [0.717, 1.165) is 22.3 Å². The summed E-state index contributed by atoms with van der Waals surface area (Å²) in [7, 11) is 0. The summed E-state index contributed by atoms with van der Waals surface area (Å²) in [4.78, 5) is 94.4. The van der Waals surface area contributed by atoms with Crippen molar-refractivity contribution in [1.82, 2.24) is 26.3 Å². The molecule has 16 heteroatoms. The number of imide groups is 1. The van der Waals surface area contributed by atoms with Crippen LogP contribution in [0.4, 0.5) is 14.4 Å². The van der Waals surface area contributed by atoms with Gasteiger partial charge in [0.25, 0.3) is 11.8 Å². The summed E-state index contributed by atoms with van der Waals surface area (Å²) in [6.07, 6.45) is -0.722. The number of benzene rings is 2. The lowest BCUT2D eigenvalue weighted by molar-refractivity contribution is -0.199. The number of unbranched alkanes of at least 4 members (excludes halogenated alkanes) is 2. The predicted molar refractivity (Wildman–Crippen MR) is 207 cm³/mol. The normalized spacial score (nSPS) is 14.8. The molecule has 1 heterocycles. The van der Waals surface area contributed by atoms with E-state index in [2.05, 4.69) is 21.3 Å². The van der Waals surface area contributed by atoms with Crippen LogP contribution in [0, 0.1) is 0 Å². The third-order valence-electron chi connectivity index (χ3n) is 8.92. The highest BCUT2D eigenvalue weighted by molar-refractivity contribution is 6.02. The maximum atomic E-state index is 13.9. The van der Waals surface area contributed by atoms with Crippen LogP contribution < -0.4 is 21.3 Å². The van der Waals surface area contributed by atoms with Crippen LogP contribution in [0.1, 0.15) is 110 Å². The number of carbonyl (C=O) groups is 7. The van der Waals surface area contributed by atoms with Crippen LogP contribution in [0.5, 0.6) is 0 Å². The van der Waals surface area contributed by atoms with Crippen LogP contribution in [-0.2, 0) is 38.2 Å². The van der Waals surface area contributed by atoms with Crippen molar-refractivity contribution in [2.24, 2.45) is 0 Å². The summed E-state index contributed by atoms with van der Waals surface area (Å²) < 4.78 is 16.2. The summed E-state index contributed by atoms with van der Waals surface area (Å²) in [6.45, 7) is 10.9. The Morgan fingerprint density at radius 1 is 0.667 bits per heavy atom. The number of hydroxylamine groups is 2. The minimum absolute atomic E-state index is 0.00180. The van der Waals surface area contributed by atoms with E-state index in [0.29, 0.717) is 30.7 Å². The monoisotopic (exact) mass is 793 g/mol. The number of amides is 6. The molecule has 57 heavy (non-hydrogen) atoms. The van der Waals surface area contributed by atoms with Gasteiger partial charge in [-0.2, -0.15) is 0 Å². The SMILES string of the molecule is CC(C)(C)OC(=O)NCCCC[C@H](NC(=O)OCC1c2ccccc2-c2ccccc21)C(=O)N[C@@H](CCCCNC(=O)OC(C)(C)C)C(=O)ON1C(=O)CCC1=O. The molecule has 1 saturated heterocycles. The Morgan fingerprint density at radius 2 is 1.14 bits per heavy atom. The first-order chi connectivity index (χ1) is 26.9. The van der Waals surface area contributed by atoms with Crippen LogP contribution in [0.15, 0.2) is 48.5 Å². The summed E-state index contributed by atoms with van der Waals surface area (Å²) in [6, 6.07) is 13.2. The quantitative estimate of drug-likeness (QED) is 0.0909. The van der Waals surface area contributed by atoms with Crippen molar-refractivity contribution in [2.75, 3.05) is 19.7 Å². The van der Waals surface area contributed by atoms with Gasteiger partial charge in [0.15, 0.2) is 0 Å². The second kappa shape index (κ2) is 20.0. The Bertz CT molecular complexity index is 1720. The highest BCUT2D eigenvalue weighted by Gasteiger charge is 2.36. The molecule has 0 saturated carbocycles. The fourth-order valence-corrected chi connectivity index (χ4v) is 6.34. The molecule has 4 N–H and O–H groups in total. The predicted octanol–water partition coefficient (Wildman–Crippen LogP) is 5.38. The molecule has 0 aromatic heterocycles. The minimum atomic E-state index is -1.33. The lowest BCUT2D eigenvalue weighted by Gasteiger charge is -2.24. The van der Waals surface area contributed by atoms with Gasteiger partial charge < -0.3 is 40.3 Å². The first-order valence-electron chi connectivity index (χ1n) is 19.3. The van der Waals surface area contributed by atoms with Crippen molar-refractivity contribution in [3.05, 3.63) is 59.7 Å². The minimum Gasteiger partial charge on any atom is -0.449 e. The number of nitrogens with zero attached hydrogens (tertiary/aromatic N) is 1. The van der Waals surface area contributed by atoms with Gasteiger partial charge in [-0.05, 0) is 102 Å². The van der Waals surface area contributed by atoms with E-state index in [9.17, 15) is 33.6 Å². The largest absolute Gasteiger partial charge is 0.449 e. The number of ether oxygens (including phenoxy) is 3. The van der Waals surface area contributed by atoms with Crippen LogP contribution in [-0.4, -0.2) is 90.0 Å². The average Bonchev–Trinajstić information content (AvgIpc) is 3.62. The zero-order chi connectivity index (χ0) is 41.8. The molecule has 0 spiro atoms. The molecular formula is C41H55N5O11. The molecule has 2 aromatic carbocycles. The van der Waals surface area contributed by atoms with Gasteiger partial charge in [-0.15, -0.1) is 5.06 Å². The van der Waals surface area contributed by atoms with E-state index >= 15 is 0 Å². The molecule has 0 radical (unpaired) electrons. The first-order valence-corrected chi connectivity index (χ1v) is 19.3. The van der Waals surface area contributed by atoms with E-state index in [1.54, 1.807) is 41.5 Å². The molecule has 1 aliphatic carbocycles. The molecule has 6 amide bonds. The number of alkyl carbamates (subject to hydrolysis) is 3. The van der Waals surface area contributed by atoms with Gasteiger partial charge >= 0.3 is 24.2 Å². The van der Waals surface area contributed by atoms with Crippen molar-refractivity contribution in [2.45, 2.75) is 122 Å². The summed E-state index contributed by atoms with van der Waals surface area (Å²) in [5.41, 5.74) is 2.76. The average molecular weight is 794 g/mol. The smallest absolute Gasteiger partial charge is 0.407 e. The van der Waals surface area contributed by atoms with Crippen LogP contribution in [0.25, 0.3) is 11.1 Å². The zero-order valence-electron chi connectivity index (χ0n) is 33.6. The number of hydrogen-bond acceptors (Lipinski definition) is 11. The highest BCUT2D eigenvalue weighted by atomic mass is 16.7. The van der Waals surface area contributed by atoms with Crippen molar-refractivity contribution in [3.63, 3.8) is 0 Å². The van der Waals surface area contributed by atoms with Crippen molar-refractivity contribution < 1.29 is 52.6 Å². The Balaban J connectivity index is 1.43. The van der Waals surface area contributed by atoms with Crippen molar-refractivity contribution in [3.8, 4) is 11.1 Å². The van der Waals surface area contributed by atoms with Gasteiger partial charge in [0, 0.05) is 31.8 Å². The van der Waals surface area contributed by atoms with E-state index in [4.69, 9.17) is 19.0 Å². The van der Waals surface area contributed by atoms with Crippen LogP contribution in [0.2, 0.25) is 0 Å². The molecule has 2 aliphatic rings. The lowest BCUT2D eigenvalue weighted by Crippen LogP contribution is -2.53. The van der Waals surface area contributed by atoms with E-state index < -0.39 is 65.3 Å². The second-order valence-electron chi connectivity index (χ2n) is 15.9. The molecule has 1 aliphatic heterocycles. The molecule has 4 rings (SSSR count). The van der Waals surface area contributed by atoms with Gasteiger partial charge in [0.2, 0.25) is 5.91 Å². The van der Waals surface area contributed by atoms with E-state index in [1.165, 1.54) is 0 Å². The van der Waals surface area contributed by atoms with Gasteiger partial charge in [-0.25, -0.2) is 19.2 Å². The maximum absolute atomic E-state index is 13.9. The fraction of sp³-hybridized carbons (Fsp3) is 0.537. The third kappa shape index (κ3) is 13.8. The molecule has 0 unspecified atom stereocenters. The molecule has 310 valence electrons. The number of nitrogens with one attached hydrogen (secondary N) is 4. The number of carbonyl (C=O) groups excluding carboxylic acids is 7. The van der Waals surface area contributed by atoms with Gasteiger partial charge in [0.1, 0.15) is 29.9 Å². The number of fused-ring (bicyclic) bond motifs is 3. The Labute approximate surface area is 333 Å². The highest BCUT2D eigenvalue weighted by Crippen LogP contribution is 2.44. The topological polar surface area (TPSA) is 208 Å². The fourth-order valence-electron chi connectivity index (χ4n) is 6.34. The van der Waals surface area contributed by atoms with Gasteiger partial charge in [0.05, 0.1) is 0 Å². The number of rotatable bonds is 17.